The molecule has 3 heteroatoms. The molecule has 1 saturated heterocycles. The quantitative estimate of drug-likeness (QED) is 0.749. The van der Waals surface area contributed by atoms with Crippen LogP contribution in [0.25, 0.3) is 6.08 Å². The number of ether oxygens (including phenoxy) is 1. The molecule has 2 aliphatic rings. The van der Waals surface area contributed by atoms with Crippen LogP contribution in [0.3, 0.4) is 0 Å². The third-order valence-corrected chi connectivity index (χ3v) is 3.25. The van der Waals surface area contributed by atoms with Gasteiger partial charge < -0.3 is 10.1 Å². The van der Waals surface area contributed by atoms with Gasteiger partial charge in [-0.05, 0) is 25.2 Å². The molecule has 86 valence electrons. The molecule has 2 aliphatic heterocycles. The van der Waals surface area contributed by atoms with Gasteiger partial charge in [0.1, 0.15) is 11.4 Å². The van der Waals surface area contributed by atoms with Crippen molar-refractivity contribution >= 4 is 18.5 Å². The summed E-state index contributed by atoms with van der Waals surface area (Å²) in [6.07, 6.45) is 6.57. The van der Waals surface area contributed by atoms with E-state index in [1.165, 1.54) is 5.56 Å². The average molecular weight is 238 g/mol. The van der Waals surface area contributed by atoms with Crippen molar-refractivity contribution in [3.63, 3.8) is 0 Å². The fraction of sp³-hybridized carbons (Fsp3) is 0.385. The van der Waals surface area contributed by atoms with Crippen molar-refractivity contribution in [1.29, 1.82) is 0 Å². The van der Waals surface area contributed by atoms with E-state index >= 15 is 0 Å². The number of piperidine rings is 1. The molecule has 1 aromatic carbocycles. The maximum Gasteiger partial charge on any atom is 0.130 e. The average Bonchev–Trinajstić information content (AvgIpc) is 2.30. The van der Waals surface area contributed by atoms with Crippen LogP contribution in [0.15, 0.2) is 30.3 Å². The molecule has 0 atom stereocenters. The molecule has 2 nitrogen and oxygen atoms in total. The van der Waals surface area contributed by atoms with Gasteiger partial charge in [-0.15, -0.1) is 12.4 Å². The van der Waals surface area contributed by atoms with Crippen molar-refractivity contribution in [2.75, 3.05) is 13.1 Å². The van der Waals surface area contributed by atoms with Crippen molar-refractivity contribution in [3.8, 4) is 5.75 Å². The predicted molar refractivity (Wildman–Crippen MR) is 68.2 cm³/mol. The summed E-state index contributed by atoms with van der Waals surface area (Å²) in [4.78, 5) is 0. The Morgan fingerprint density at radius 1 is 1.12 bits per heavy atom. The van der Waals surface area contributed by atoms with Crippen molar-refractivity contribution in [2.24, 2.45) is 0 Å². The molecule has 1 spiro atoms. The maximum absolute atomic E-state index is 6.13. The van der Waals surface area contributed by atoms with Crippen LogP contribution in [-0.4, -0.2) is 18.7 Å². The minimum Gasteiger partial charge on any atom is -0.482 e. The van der Waals surface area contributed by atoms with E-state index in [-0.39, 0.29) is 18.0 Å². The molecule has 1 N–H and O–H groups in total. The summed E-state index contributed by atoms with van der Waals surface area (Å²) in [6.45, 7) is 2.10. The lowest BCUT2D eigenvalue weighted by Crippen LogP contribution is -2.45. The zero-order valence-corrected chi connectivity index (χ0v) is 9.93. The molecule has 0 saturated carbocycles. The van der Waals surface area contributed by atoms with Gasteiger partial charge >= 0.3 is 0 Å². The standard InChI is InChI=1S/C13H15NO.ClH/c1-2-4-12-11(3-1)5-6-13(15-12)7-9-14-10-8-13;/h1-6,14H,7-10H2;1H. The normalized spacial score (nSPS) is 20.8. The summed E-state index contributed by atoms with van der Waals surface area (Å²) in [5.74, 6) is 1.03. The Kier molecular flexibility index (Phi) is 3.22. The molecule has 0 aliphatic carbocycles. The summed E-state index contributed by atoms with van der Waals surface area (Å²) in [7, 11) is 0. The molecule has 0 amide bonds. The number of benzene rings is 1. The van der Waals surface area contributed by atoms with E-state index in [1.807, 2.05) is 12.1 Å². The van der Waals surface area contributed by atoms with E-state index in [2.05, 4.69) is 29.6 Å². The van der Waals surface area contributed by atoms with E-state index in [1.54, 1.807) is 0 Å². The van der Waals surface area contributed by atoms with Crippen molar-refractivity contribution in [1.82, 2.24) is 5.32 Å². The molecule has 0 bridgehead atoms. The summed E-state index contributed by atoms with van der Waals surface area (Å²) in [6, 6.07) is 8.24. The fourth-order valence-electron chi connectivity index (χ4n) is 2.32. The molecule has 1 fully saturated rings. The predicted octanol–water partition coefficient (Wildman–Crippen LogP) is 2.64. The number of rotatable bonds is 0. The Bertz CT molecular complexity index is 397. The number of halogens is 1. The van der Waals surface area contributed by atoms with Crippen LogP contribution in [0.4, 0.5) is 0 Å². The summed E-state index contributed by atoms with van der Waals surface area (Å²) in [5, 5.41) is 3.37. The van der Waals surface area contributed by atoms with Crippen LogP contribution in [0.5, 0.6) is 5.75 Å². The Hall–Kier alpha value is -0.990. The summed E-state index contributed by atoms with van der Waals surface area (Å²) < 4.78 is 6.13. The van der Waals surface area contributed by atoms with Gasteiger partial charge in [0.25, 0.3) is 0 Å². The van der Waals surface area contributed by atoms with Gasteiger partial charge in [0.15, 0.2) is 0 Å². The van der Waals surface area contributed by atoms with Gasteiger partial charge in [-0.2, -0.15) is 0 Å². The molecule has 16 heavy (non-hydrogen) atoms. The highest BCUT2D eigenvalue weighted by molar-refractivity contribution is 5.85. The van der Waals surface area contributed by atoms with Gasteiger partial charge in [0.2, 0.25) is 0 Å². The van der Waals surface area contributed by atoms with Crippen molar-refractivity contribution in [2.45, 2.75) is 18.4 Å². The lowest BCUT2D eigenvalue weighted by atomic mass is 9.89. The number of nitrogens with one attached hydrogen (secondary N) is 1. The first-order valence-corrected chi connectivity index (χ1v) is 5.56. The molecular weight excluding hydrogens is 222 g/mol. The van der Waals surface area contributed by atoms with E-state index in [0.29, 0.717) is 0 Å². The number of fused-ring (bicyclic) bond motifs is 1. The Balaban J connectivity index is 0.000000963. The van der Waals surface area contributed by atoms with Crippen LogP contribution < -0.4 is 10.1 Å². The minimum atomic E-state index is -0.0421. The number of hydrogen-bond acceptors (Lipinski definition) is 2. The highest BCUT2D eigenvalue weighted by atomic mass is 35.5. The van der Waals surface area contributed by atoms with E-state index < -0.39 is 0 Å². The lowest BCUT2D eigenvalue weighted by molar-refractivity contribution is 0.0823. The third kappa shape index (κ3) is 1.95. The smallest absolute Gasteiger partial charge is 0.130 e. The molecule has 3 rings (SSSR count). The molecule has 2 heterocycles. The minimum absolute atomic E-state index is 0. The van der Waals surface area contributed by atoms with E-state index in [4.69, 9.17) is 4.74 Å². The second kappa shape index (κ2) is 4.48. The van der Waals surface area contributed by atoms with Crippen LogP contribution in [0.2, 0.25) is 0 Å². The molecule has 0 aromatic heterocycles. The van der Waals surface area contributed by atoms with Gasteiger partial charge in [0, 0.05) is 18.4 Å². The molecule has 0 radical (unpaired) electrons. The van der Waals surface area contributed by atoms with Crippen LogP contribution in [0, 0.1) is 0 Å². The molecule has 1 aromatic rings. The van der Waals surface area contributed by atoms with Gasteiger partial charge in [-0.3, -0.25) is 0 Å². The largest absolute Gasteiger partial charge is 0.482 e. The SMILES string of the molecule is C1=CC2(CCNCC2)Oc2ccccc21.Cl. The van der Waals surface area contributed by atoms with Crippen molar-refractivity contribution < 1.29 is 4.74 Å². The van der Waals surface area contributed by atoms with Crippen LogP contribution >= 0.6 is 12.4 Å². The Labute approximate surface area is 102 Å². The Morgan fingerprint density at radius 3 is 2.69 bits per heavy atom. The van der Waals surface area contributed by atoms with Crippen molar-refractivity contribution in [3.05, 3.63) is 35.9 Å². The fourth-order valence-corrected chi connectivity index (χ4v) is 2.32. The lowest BCUT2D eigenvalue weighted by Gasteiger charge is -2.38. The zero-order valence-electron chi connectivity index (χ0n) is 9.11. The maximum atomic E-state index is 6.13. The number of para-hydroxylation sites is 1. The van der Waals surface area contributed by atoms with Crippen LogP contribution in [0.1, 0.15) is 18.4 Å². The summed E-state index contributed by atoms with van der Waals surface area (Å²) >= 11 is 0. The van der Waals surface area contributed by atoms with Gasteiger partial charge in [-0.25, -0.2) is 0 Å². The Morgan fingerprint density at radius 2 is 1.88 bits per heavy atom. The van der Waals surface area contributed by atoms with Gasteiger partial charge in [-0.1, -0.05) is 24.3 Å². The van der Waals surface area contributed by atoms with E-state index in [9.17, 15) is 0 Å². The zero-order chi connectivity index (χ0) is 10.1. The topological polar surface area (TPSA) is 21.3 Å². The first kappa shape index (κ1) is 11.5. The first-order chi connectivity index (χ1) is 7.38. The first-order valence-electron chi connectivity index (χ1n) is 5.56. The third-order valence-electron chi connectivity index (χ3n) is 3.25. The molecule has 0 unspecified atom stereocenters. The molecular formula is C13H16ClNO. The second-order valence-corrected chi connectivity index (χ2v) is 4.29. The van der Waals surface area contributed by atoms with E-state index in [0.717, 1.165) is 31.7 Å². The summed E-state index contributed by atoms with van der Waals surface area (Å²) in [5.41, 5.74) is 1.15. The van der Waals surface area contributed by atoms with Crippen LogP contribution in [-0.2, 0) is 0 Å². The highest BCUT2D eigenvalue weighted by Crippen LogP contribution is 2.35. The van der Waals surface area contributed by atoms with Gasteiger partial charge in [0.05, 0.1) is 0 Å². The highest BCUT2D eigenvalue weighted by Gasteiger charge is 2.33. The number of hydrogen-bond donors (Lipinski definition) is 1. The second-order valence-electron chi connectivity index (χ2n) is 4.29. The monoisotopic (exact) mass is 237 g/mol.